The molecule has 0 radical (unpaired) electrons. The second-order valence-electron chi connectivity index (χ2n) is 9.00. The van der Waals surface area contributed by atoms with E-state index in [1.165, 1.54) is 0 Å². The third-order valence-corrected chi connectivity index (χ3v) is 7.55. The number of nitrogens with zero attached hydrogens (tertiary/aromatic N) is 2. The molecule has 2 aromatic carbocycles. The number of carbonyl (C=O) groups excluding carboxylic acids is 2. The third kappa shape index (κ3) is 3.47. The van der Waals surface area contributed by atoms with Crippen LogP contribution in [0.1, 0.15) is 34.1 Å². The highest BCUT2D eigenvalue weighted by Gasteiger charge is 2.49. The zero-order chi connectivity index (χ0) is 24.0. The smallest absolute Gasteiger partial charge is 0.275 e. The van der Waals surface area contributed by atoms with Gasteiger partial charge in [-0.2, -0.15) is 0 Å². The van der Waals surface area contributed by atoms with Crippen molar-refractivity contribution in [2.24, 2.45) is 0 Å². The highest BCUT2D eigenvalue weighted by atomic mass is 32.1. The average Bonchev–Trinajstić information content (AvgIpc) is 3.41. The lowest BCUT2D eigenvalue weighted by molar-refractivity contribution is -0.126. The number of methoxy groups -OCH3 is 1. The number of thiophene rings is 1. The Morgan fingerprint density at radius 1 is 1.15 bits per heavy atom. The molecule has 0 saturated heterocycles. The number of amides is 2. The monoisotopic (exact) mass is 473 g/mol. The third-order valence-electron chi connectivity index (χ3n) is 6.60. The summed E-state index contributed by atoms with van der Waals surface area (Å²) in [6.07, 6.45) is 0. The van der Waals surface area contributed by atoms with Crippen molar-refractivity contribution < 1.29 is 14.3 Å². The first-order valence-corrected chi connectivity index (χ1v) is 12.1. The molecule has 7 heteroatoms. The van der Waals surface area contributed by atoms with Gasteiger partial charge in [-0.05, 0) is 56.0 Å². The molecule has 4 aromatic rings. The van der Waals surface area contributed by atoms with Gasteiger partial charge in [0.1, 0.15) is 21.8 Å². The summed E-state index contributed by atoms with van der Waals surface area (Å²) in [6, 6.07) is 17.5. The topological polar surface area (TPSA) is 63.6 Å². The molecule has 2 amide bonds. The van der Waals surface area contributed by atoms with Crippen LogP contribution in [0.4, 0.5) is 5.69 Å². The van der Waals surface area contributed by atoms with E-state index in [2.05, 4.69) is 5.32 Å². The maximum atomic E-state index is 13.9. The summed E-state index contributed by atoms with van der Waals surface area (Å²) >= 11 is 1.58. The van der Waals surface area contributed by atoms with Crippen molar-refractivity contribution in [3.8, 4) is 5.75 Å². The Labute approximate surface area is 202 Å². The highest BCUT2D eigenvalue weighted by Crippen LogP contribution is 2.38. The minimum Gasteiger partial charge on any atom is -0.496 e. The molecular formula is C27H27N3O3S. The molecule has 174 valence electrons. The van der Waals surface area contributed by atoms with Gasteiger partial charge in [-0.1, -0.05) is 35.9 Å². The van der Waals surface area contributed by atoms with Crippen molar-refractivity contribution in [3.05, 3.63) is 82.4 Å². The largest absolute Gasteiger partial charge is 0.496 e. The number of para-hydroxylation sites is 1. The molecule has 0 saturated carbocycles. The number of hydrogen-bond donors (Lipinski definition) is 1. The summed E-state index contributed by atoms with van der Waals surface area (Å²) in [5.41, 5.74) is 3.18. The van der Waals surface area contributed by atoms with Crippen molar-refractivity contribution in [1.82, 2.24) is 9.88 Å². The summed E-state index contributed by atoms with van der Waals surface area (Å²) in [7, 11) is 1.61. The molecule has 1 N–H and O–H groups in total. The van der Waals surface area contributed by atoms with Crippen molar-refractivity contribution >= 4 is 39.1 Å². The Morgan fingerprint density at radius 2 is 1.94 bits per heavy atom. The van der Waals surface area contributed by atoms with Gasteiger partial charge in [0.2, 0.25) is 5.91 Å². The zero-order valence-electron chi connectivity index (χ0n) is 19.7. The van der Waals surface area contributed by atoms with Crippen LogP contribution < -0.4 is 15.0 Å². The summed E-state index contributed by atoms with van der Waals surface area (Å²) in [5, 5.41) is 6.11. The fraction of sp³-hybridized carbons (Fsp3) is 0.259. The SMILES string of the molecule is COc1ccccc1CNC(=O)[C@]1(C)Cn2c(cc3ccsc32)C(=O)N1c1ccc(C)cc1C. The van der Waals surface area contributed by atoms with E-state index >= 15 is 0 Å². The van der Waals surface area contributed by atoms with Crippen LogP contribution in [0.15, 0.2) is 60.0 Å². The van der Waals surface area contributed by atoms with E-state index < -0.39 is 5.54 Å². The number of rotatable bonds is 5. The number of benzene rings is 2. The molecule has 3 heterocycles. The van der Waals surface area contributed by atoms with E-state index in [0.717, 1.165) is 32.6 Å². The Balaban J connectivity index is 1.58. The van der Waals surface area contributed by atoms with Crippen molar-refractivity contribution in [3.63, 3.8) is 0 Å². The van der Waals surface area contributed by atoms with Gasteiger partial charge in [0.25, 0.3) is 5.91 Å². The van der Waals surface area contributed by atoms with Gasteiger partial charge in [-0.3, -0.25) is 14.5 Å². The van der Waals surface area contributed by atoms with Crippen LogP contribution in [0.25, 0.3) is 10.2 Å². The van der Waals surface area contributed by atoms with Crippen LogP contribution >= 0.6 is 11.3 Å². The molecule has 34 heavy (non-hydrogen) atoms. The van der Waals surface area contributed by atoms with Crippen LogP contribution in [0.5, 0.6) is 5.75 Å². The lowest BCUT2D eigenvalue weighted by Gasteiger charge is -2.44. The van der Waals surface area contributed by atoms with E-state index in [1.807, 2.05) is 85.3 Å². The molecule has 1 aliphatic rings. The molecular weight excluding hydrogens is 446 g/mol. The molecule has 5 rings (SSSR count). The van der Waals surface area contributed by atoms with Crippen LogP contribution in [0.2, 0.25) is 0 Å². The molecule has 0 spiro atoms. The number of ether oxygens (including phenoxy) is 1. The van der Waals surface area contributed by atoms with Gasteiger partial charge in [0, 0.05) is 23.2 Å². The number of fused-ring (bicyclic) bond motifs is 3. The predicted molar refractivity (Wildman–Crippen MR) is 136 cm³/mol. The fourth-order valence-corrected chi connectivity index (χ4v) is 5.74. The minimum absolute atomic E-state index is 0.170. The summed E-state index contributed by atoms with van der Waals surface area (Å²) in [6.45, 7) is 6.52. The quantitative estimate of drug-likeness (QED) is 0.441. The van der Waals surface area contributed by atoms with Crippen molar-refractivity contribution in [2.75, 3.05) is 12.0 Å². The standard InChI is InChI=1S/C27H27N3O3S/c1-17-9-10-21(18(2)13-17)30-24(31)22-14-19-11-12-34-25(19)29(22)16-27(30,3)26(32)28-15-20-7-5-6-8-23(20)33-4/h5-14H,15-16H2,1-4H3,(H,28,32)/t27-/m0/s1. The fourth-order valence-electron chi connectivity index (χ4n) is 4.85. The van der Waals surface area contributed by atoms with Crippen LogP contribution in [0, 0.1) is 13.8 Å². The Bertz CT molecular complexity index is 1420. The Kier molecular flexibility index (Phi) is 5.44. The summed E-state index contributed by atoms with van der Waals surface area (Å²) in [5.74, 6) is 0.333. The van der Waals surface area contributed by atoms with Crippen LogP contribution in [-0.4, -0.2) is 29.0 Å². The first-order chi connectivity index (χ1) is 16.3. The summed E-state index contributed by atoms with van der Waals surface area (Å²) < 4.78 is 7.43. The van der Waals surface area contributed by atoms with Crippen molar-refractivity contribution in [2.45, 2.75) is 39.4 Å². The van der Waals surface area contributed by atoms with E-state index in [4.69, 9.17) is 4.74 Å². The Hall–Kier alpha value is -3.58. The highest BCUT2D eigenvalue weighted by molar-refractivity contribution is 7.16. The maximum Gasteiger partial charge on any atom is 0.275 e. The van der Waals surface area contributed by atoms with E-state index in [0.29, 0.717) is 24.5 Å². The van der Waals surface area contributed by atoms with E-state index in [9.17, 15) is 9.59 Å². The zero-order valence-corrected chi connectivity index (χ0v) is 20.5. The molecule has 0 bridgehead atoms. The molecule has 0 fully saturated rings. The summed E-state index contributed by atoms with van der Waals surface area (Å²) in [4.78, 5) is 30.5. The molecule has 0 unspecified atom stereocenters. The van der Waals surface area contributed by atoms with Crippen LogP contribution in [-0.2, 0) is 17.9 Å². The maximum absolute atomic E-state index is 13.9. The van der Waals surface area contributed by atoms with Gasteiger partial charge in [0.15, 0.2) is 0 Å². The number of aromatic nitrogens is 1. The molecule has 0 aliphatic carbocycles. The normalized spacial score (nSPS) is 17.6. The molecule has 2 aromatic heterocycles. The van der Waals surface area contributed by atoms with Gasteiger partial charge in [-0.15, -0.1) is 11.3 Å². The molecule has 6 nitrogen and oxygen atoms in total. The second-order valence-corrected chi connectivity index (χ2v) is 9.89. The lowest BCUT2D eigenvalue weighted by atomic mass is 9.92. The van der Waals surface area contributed by atoms with Crippen LogP contribution in [0.3, 0.4) is 0 Å². The molecule has 1 atom stereocenters. The minimum atomic E-state index is -1.12. The molecule has 1 aliphatic heterocycles. The number of aryl methyl sites for hydroxylation is 2. The first-order valence-electron chi connectivity index (χ1n) is 11.2. The average molecular weight is 474 g/mol. The number of anilines is 1. The van der Waals surface area contributed by atoms with Crippen molar-refractivity contribution in [1.29, 1.82) is 0 Å². The second kappa shape index (κ2) is 8.33. The van der Waals surface area contributed by atoms with Gasteiger partial charge >= 0.3 is 0 Å². The predicted octanol–water partition coefficient (Wildman–Crippen LogP) is 5.06. The van der Waals surface area contributed by atoms with E-state index in [-0.39, 0.29) is 11.8 Å². The number of nitrogens with one attached hydrogen (secondary N) is 1. The Morgan fingerprint density at radius 3 is 2.71 bits per heavy atom. The van der Waals surface area contributed by atoms with Gasteiger partial charge in [-0.25, -0.2) is 0 Å². The number of carbonyl (C=O) groups is 2. The number of hydrogen-bond acceptors (Lipinski definition) is 4. The lowest BCUT2D eigenvalue weighted by Crippen LogP contribution is -2.64. The van der Waals surface area contributed by atoms with Gasteiger partial charge < -0.3 is 14.6 Å². The van der Waals surface area contributed by atoms with Gasteiger partial charge in [0.05, 0.1) is 13.7 Å². The first kappa shape index (κ1) is 22.2. The van der Waals surface area contributed by atoms with E-state index in [1.54, 1.807) is 23.3 Å².